The molecule has 0 aliphatic rings. The van der Waals surface area contributed by atoms with Crippen LogP contribution >= 0.6 is 23.2 Å². The van der Waals surface area contributed by atoms with E-state index in [1.807, 2.05) is 30.3 Å². The van der Waals surface area contributed by atoms with E-state index < -0.39 is 0 Å². The molecule has 2 aromatic rings. The summed E-state index contributed by atoms with van der Waals surface area (Å²) in [7, 11) is 0. The van der Waals surface area contributed by atoms with Crippen LogP contribution in [0, 0.1) is 0 Å². The Balaban J connectivity index is 2.32. The van der Waals surface area contributed by atoms with E-state index in [0.717, 1.165) is 5.56 Å². The van der Waals surface area contributed by atoms with Gasteiger partial charge in [0, 0.05) is 13.1 Å². The van der Waals surface area contributed by atoms with E-state index >= 15 is 0 Å². The molecule has 5 heteroatoms. The first kappa shape index (κ1) is 14.6. The third-order valence-electron chi connectivity index (χ3n) is 2.50. The molecule has 0 spiro atoms. The minimum atomic E-state index is -0.202. The molecule has 102 valence electrons. The Morgan fingerprint density at radius 1 is 1.15 bits per heavy atom. The van der Waals surface area contributed by atoms with E-state index in [-0.39, 0.29) is 5.91 Å². The summed E-state index contributed by atoms with van der Waals surface area (Å²) in [5, 5.41) is 3.44. The number of carbonyl (C=O) groups excluding carboxylic acids is 1. The molecule has 20 heavy (non-hydrogen) atoms. The molecule has 0 aliphatic heterocycles. The molecule has 0 aromatic heterocycles. The van der Waals surface area contributed by atoms with Crippen LogP contribution in [-0.4, -0.2) is 12.1 Å². The summed E-state index contributed by atoms with van der Waals surface area (Å²) in [4.78, 5) is 15.4. The number of hydrogen-bond acceptors (Lipinski definition) is 2. The second-order valence-electron chi connectivity index (χ2n) is 4.13. The number of nitrogens with zero attached hydrogens (tertiary/aromatic N) is 1. The maximum absolute atomic E-state index is 11.1. The Labute approximate surface area is 127 Å². The fourth-order valence-electron chi connectivity index (χ4n) is 1.61. The van der Waals surface area contributed by atoms with Gasteiger partial charge in [0.1, 0.15) is 0 Å². The summed E-state index contributed by atoms with van der Waals surface area (Å²) in [5.74, 6) is -0.202. The second kappa shape index (κ2) is 6.55. The summed E-state index contributed by atoms with van der Waals surface area (Å²) in [6, 6.07) is 12.9. The topological polar surface area (TPSA) is 41.5 Å². The van der Waals surface area contributed by atoms with Gasteiger partial charge in [0.15, 0.2) is 0 Å². The lowest BCUT2D eigenvalue weighted by Crippen LogP contribution is -2.06. The smallest absolute Gasteiger partial charge is 0.221 e. The van der Waals surface area contributed by atoms with Gasteiger partial charge in [-0.3, -0.25) is 9.79 Å². The first-order valence-corrected chi connectivity index (χ1v) is 6.67. The Morgan fingerprint density at radius 3 is 2.50 bits per heavy atom. The molecule has 1 N–H and O–H groups in total. The van der Waals surface area contributed by atoms with Crippen molar-refractivity contribution in [2.75, 3.05) is 5.32 Å². The number of hydrogen-bond donors (Lipinski definition) is 1. The summed E-state index contributed by atoms with van der Waals surface area (Å²) in [5.41, 5.74) is 1.99. The van der Waals surface area contributed by atoms with Crippen LogP contribution in [0.25, 0.3) is 0 Å². The van der Waals surface area contributed by atoms with Gasteiger partial charge >= 0.3 is 0 Å². The number of aliphatic imine (C=N–C) groups is 1. The van der Waals surface area contributed by atoms with Crippen molar-refractivity contribution in [2.24, 2.45) is 4.99 Å². The van der Waals surface area contributed by atoms with Gasteiger partial charge in [-0.1, -0.05) is 53.5 Å². The highest BCUT2D eigenvalue weighted by atomic mass is 35.5. The highest BCUT2D eigenvalue weighted by Gasteiger charge is 2.07. The van der Waals surface area contributed by atoms with E-state index in [4.69, 9.17) is 23.2 Å². The molecule has 2 rings (SSSR count). The zero-order chi connectivity index (χ0) is 14.5. The van der Waals surface area contributed by atoms with Crippen molar-refractivity contribution < 1.29 is 4.79 Å². The number of anilines is 1. The third kappa shape index (κ3) is 3.83. The van der Waals surface area contributed by atoms with Crippen LogP contribution in [-0.2, 0) is 4.79 Å². The standard InChI is InChI=1S/C15H12Cl2N2O/c1-10(20)19-15-8-14(12(16)7-13(15)17)18-9-11-5-3-2-4-6-11/h2-9H,1H3,(H,19,20). The molecule has 0 fully saturated rings. The van der Waals surface area contributed by atoms with E-state index in [1.165, 1.54) is 6.92 Å². The van der Waals surface area contributed by atoms with Gasteiger partial charge in [-0.2, -0.15) is 0 Å². The predicted molar refractivity (Wildman–Crippen MR) is 84.5 cm³/mol. The van der Waals surface area contributed by atoms with Gasteiger partial charge in [0.25, 0.3) is 0 Å². The zero-order valence-electron chi connectivity index (χ0n) is 10.7. The molecule has 0 unspecified atom stereocenters. The number of amides is 1. The summed E-state index contributed by atoms with van der Waals surface area (Å²) < 4.78 is 0. The summed E-state index contributed by atoms with van der Waals surface area (Å²) >= 11 is 12.1. The molecule has 0 bridgehead atoms. The molecular weight excluding hydrogens is 295 g/mol. The van der Waals surface area contributed by atoms with Gasteiger partial charge in [-0.15, -0.1) is 0 Å². The van der Waals surface area contributed by atoms with Crippen LogP contribution in [0.3, 0.4) is 0 Å². The minimum Gasteiger partial charge on any atom is -0.325 e. The third-order valence-corrected chi connectivity index (χ3v) is 3.11. The maximum atomic E-state index is 11.1. The first-order valence-electron chi connectivity index (χ1n) is 5.92. The van der Waals surface area contributed by atoms with Gasteiger partial charge in [-0.05, 0) is 17.7 Å². The Bertz CT molecular complexity index is 654. The Hall–Kier alpha value is -1.84. The lowest BCUT2D eigenvalue weighted by molar-refractivity contribution is -0.114. The van der Waals surface area contributed by atoms with Crippen LogP contribution in [0.1, 0.15) is 12.5 Å². The van der Waals surface area contributed by atoms with Gasteiger partial charge in [0.05, 0.1) is 21.4 Å². The number of rotatable bonds is 3. The van der Waals surface area contributed by atoms with Crippen molar-refractivity contribution in [3.63, 3.8) is 0 Å². The average molecular weight is 307 g/mol. The van der Waals surface area contributed by atoms with E-state index in [1.54, 1.807) is 18.3 Å². The molecule has 0 heterocycles. The van der Waals surface area contributed by atoms with Crippen LogP contribution in [0.2, 0.25) is 10.0 Å². The van der Waals surface area contributed by atoms with Gasteiger partial charge in [-0.25, -0.2) is 0 Å². The largest absolute Gasteiger partial charge is 0.325 e. The van der Waals surface area contributed by atoms with Crippen molar-refractivity contribution in [3.8, 4) is 0 Å². The van der Waals surface area contributed by atoms with Crippen LogP contribution < -0.4 is 5.32 Å². The summed E-state index contributed by atoms with van der Waals surface area (Å²) in [6.45, 7) is 1.41. The van der Waals surface area contributed by atoms with Gasteiger partial charge in [0.2, 0.25) is 5.91 Å². The lowest BCUT2D eigenvalue weighted by Gasteiger charge is -2.07. The highest BCUT2D eigenvalue weighted by molar-refractivity contribution is 6.38. The van der Waals surface area contributed by atoms with Crippen molar-refractivity contribution in [1.82, 2.24) is 0 Å². The first-order chi connectivity index (χ1) is 9.56. The van der Waals surface area contributed by atoms with Gasteiger partial charge < -0.3 is 5.32 Å². The van der Waals surface area contributed by atoms with Crippen molar-refractivity contribution in [1.29, 1.82) is 0 Å². The Kier molecular flexibility index (Phi) is 4.77. The van der Waals surface area contributed by atoms with Crippen LogP contribution in [0.4, 0.5) is 11.4 Å². The Morgan fingerprint density at radius 2 is 1.85 bits per heavy atom. The maximum Gasteiger partial charge on any atom is 0.221 e. The molecular formula is C15H12Cl2N2O. The minimum absolute atomic E-state index is 0.202. The molecule has 1 amide bonds. The number of carbonyl (C=O) groups is 1. The van der Waals surface area contributed by atoms with Crippen molar-refractivity contribution in [3.05, 3.63) is 58.1 Å². The number of benzene rings is 2. The number of halogens is 2. The molecule has 2 aromatic carbocycles. The normalized spacial score (nSPS) is 10.8. The average Bonchev–Trinajstić information content (AvgIpc) is 2.41. The van der Waals surface area contributed by atoms with E-state index in [0.29, 0.717) is 21.4 Å². The van der Waals surface area contributed by atoms with Crippen molar-refractivity contribution in [2.45, 2.75) is 6.92 Å². The molecule has 0 aliphatic carbocycles. The molecule has 3 nitrogen and oxygen atoms in total. The quantitative estimate of drug-likeness (QED) is 0.820. The van der Waals surface area contributed by atoms with E-state index in [2.05, 4.69) is 10.3 Å². The van der Waals surface area contributed by atoms with E-state index in [9.17, 15) is 4.79 Å². The molecule has 0 radical (unpaired) electrons. The SMILES string of the molecule is CC(=O)Nc1cc(N=Cc2ccccc2)c(Cl)cc1Cl. The van der Waals surface area contributed by atoms with Crippen LogP contribution in [0.5, 0.6) is 0 Å². The fourth-order valence-corrected chi connectivity index (χ4v) is 2.08. The highest BCUT2D eigenvalue weighted by Crippen LogP contribution is 2.34. The summed E-state index contributed by atoms with van der Waals surface area (Å²) in [6.07, 6.45) is 1.70. The number of nitrogens with one attached hydrogen (secondary N) is 1. The predicted octanol–water partition coefficient (Wildman–Crippen LogP) is 4.70. The molecule has 0 saturated heterocycles. The fraction of sp³-hybridized carbons (Fsp3) is 0.0667. The zero-order valence-corrected chi connectivity index (χ0v) is 12.2. The second-order valence-corrected chi connectivity index (χ2v) is 4.95. The lowest BCUT2D eigenvalue weighted by atomic mass is 10.2. The van der Waals surface area contributed by atoms with Crippen LogP contribution in [0.15, 0.2) is 47.5 Å². The van der Waals surface area contributed by atoms with Crippen molar-refractivity contribution >= 4 is 46.7 Å². The monoisotopic (exact) mass is 306 g/mol. The molecule has 0 saturated carbocycles. The molecule has 0 atom stereocenters.